The molecule has 1 fully saturated rings. The second-order valence-electron chi connectivity index (χ2n) is 10.3. The summed E-state index contributed by atoms with van der Waals surface area (Å²) in [7, 11) is 0. The van der Waals surface area contributed by atoms with Gasteiger partial charge in [-0.05, 0) is 57.1 Å². The molecule has 1 aromatic rings. The third kappa shape index (κ3) is 6.18. The van der Waals surface area contributed by atoms with E-state index in [-0.39, 0.29) is 28.5 Å². The molecule has 1 heterocycles. The number of aliphatic hydroxyl groups is 4. The Balaban J connectivity index is 2.23. The highest BCUT2D eigenvalue weighted by Crippen LogP contribution is 2.49. The number of phenols is 1. The van der Waals surface area contributed by atoms with Gasteiger partial charge in [-0.3, -0.25) is 0 Å². The molecule has 0 aromatic heterocycles. The van der Waals surface area contributed by atoms with E-state index in [1.54, 1.807) is 0 Å². The number of allylic oxidation sites excluding steroid dienone is 3. The molecule has 9 nitrogen and oxygen atoms in total. The number of aromatic carboxylic acids is 1. The summed E-state index contributed by atoms with van der Waals surface area (Å²) in [5, 5.41) is 62.1. The van der Waals surface area contributed by atoms with Crippen molar-refractivity contribution < 1.29 is 44.9 Å². The fourth-order valence-electron chi connectivity index (χ4n) is 5.39. The molecule has 0 radical (unpaired) electrons. The van der Waals surface area contributed by atoms with Crippen LogP contribution >= 0.6 is 0 Å². The second kappa shape index (κ2) is 12.4. The molecule has 0 spiro atoms. The molecule has 0 bridgehead atoms. The van der Waals surface area contributed by atoms with Gasteiger partial charge in [0.15, 0.2) is 6.29 Å². The lowest BCUT2D eigenvalue weighted by Crippen LogP contribution is -2.57. The van der Waals surface area contributed by atoms with Crippen LogP contribution in [0.15, 0.2) is 29.9 Å². The summed E-state index contributed by atoms with van der Waals surface area (Å²) in [4.78, 5) is 12.7. The fourth-order valence-corrected chi connectivity index (χ4v) is 5.39. The van der Waals surface area contributed by atoms with Crippen LogP contribution in [-0.2, 0) is 11.2 Å². The zero-order valence-corrected chi connectivity index (χ0v) is 21.8. The van der Waals surface area contributed by atoms with Crippen LogP contribution in [0.2, 0.25) is 0 Å². The Labute approximate surface area is 217 Å². The normalized spacial score (nSPS) is 30.0. The summed E-state index contributed by atoms with van der Waals surface area (Å²) in [5.41, 5.74) is 2.44. The number of carbonyl (C=O) groups is 1. The monoisotopic (exact) mass is 520 g/mol. The molecule has 0 saturated carbocycles. The summed E-state index contributed by atoms with van der Waals surface area (Å²) in [5.74, 6) is -3.25. The molecule has 7 atom stereocenters. The van der Waals surface area contributed by atoms with Gasteiger partial charge in [-0.1, -0.05) is 43.6 Å². The number of rotatable bonds is 10. The first-order valence-corrected chi connectivity index (χ1v) is 12.9. The summed E-state index contributed by atoms with van der Waals surface area (Å²) < 4.78 is 11.5. The average molecular weight is 521 g/mol. The van der Waals surface area contributed by atoms with Gasteiger partial charge in [0.2, 0.25) is 6.29 Å². The third-order valence-corrected chi connectivity index (χ3v) is 7.51. The van der Waals surface area contributed by atoms with E-state index in [2.05, 4.69) is 6.58 Å². The van der Waals surface area contributed by atoms with Crippen LogP contribution in [0.3, 0.4) is 0 Å². The highest BCUT2D eigenvalue weighted by molar-refractivity contribution is 5.94. The topological polar surface area (TPSA) is 157 Å². The third-order valence-electron chi connectivity index (χ3n) is 7.51. The van der Waals surface area contributed by atoms with E-state index in [9.17, 15) is 35.4 Å². The first-order valence-electron chi connectivity index (χ1n) is 12.9. The molecule has 1 aliphatic carbocycles. The molecule has 6 N–H and O–H groups in total. The van der Waals surface area contributed by atoms with E-state index in [1.807, 2.05) is 26.8 Å². The Morgan fingerprint density at radius 3 is 2.51 bits per heavy atom. The van der Waals surface area contributed by atoms with Gasteiger partial charge in [-0.25, -0.2) is 4.79 Å². The zero-order valence-electron chi connectivity index (χ0n) is 21.8. The van der Waals surface area contributed by atoms with Crippen molar-refractivity contribution in [2.75, 3.05) is 6.61 Å². The number of aryl methyl sites for hydroxylation is 1. The van der Waals surface area contributed by atoms with Gasteiger partial charge in [-0.15, -0.1) is 0 Å². The average Bonchev–Trinajstić information content (AvgIpc) is 2.82. The molecule has 1 unspecified atom stereocenters. The van der Waals surface area contributed by atoms with E-state index in [4.69, 9.17) is 9.47 Å². The number of hydrogen-bond acceptors (Lipinski definition) is 8. The number of hydrogen-bond donors (Lipinski definition) is 6. The Bertz CT molecular complexity index is 1020. The van der Waals surface area contributed by atoms with Crippen molar-refractivity contribution in [3.8, 4) is 11.5 Å². The van der Waals surface area contributed by atoms with Crippen LogP contribution < -0.4 is 4.74 Å². The number of carboxylic acids is 1. The van der Waals surface area contributed by atoms with Gasteiger partial charge in [-0.2, -0.15) is 0 Å². The predicted octanol–water partition coefficient (Wildman–Crippen LogP) is 3.22. The summed E-state index contributed by atoms with van der Waals surface area (Å²) in [6.45, 7) is 9.34. The van der Waals surface area contributed by atoms with Crippen molar-refractivity contribution in [1.29, 1.82) is 0 Å². The maximum atomic E-state index is 12.7. The van der Waals surface area contributed by atoms with Crippen LogP contribution in [0.4, 0.5) is 0 Å². The Morgan fingerprint density at radius 2 is 1.92 bits per heavy atom. The van der Waals surface area contributed by atoms with Gasteiger partial charge in [0, 0.05) is 11.5 Å². The number of ether oxygens (including phenoxy) is 2. The zero-order chi connectivity index (χ0) is 27.4. The van der Waals surface area contributed by atoms with Crippen LogP contribution in [0.25, 0.3) is 0 Å². The number of aromatic hydroxyl groups is 1. The minimum Gasteiger partial charge on any atom is -0.507 e. The predicted molar refractivity (Wildman–Crippen MR) is 136 cm³/mol. The lowest BCUT2D eigenvalue weighted by molar-refractivity contribution is -0.313. The highest BCUT2D eigenvalue weighted by Gasteiger charge is 2.46. The standard InChI is InChI=1S/C28H40O9/c1-5-6-7-8-16-12-20(30)22(18-11-15(4)9-10-17(18)14(2)3)25(21(16)26(33)34)36-28-19(13-29)23(31)24(32)27(35)37-28/h11-12,17-19,23-24,27-32,35H,2,5-10,13H2,1,3-4H3,(H,33,34)/t17-,18+,19+,23+,24-,27-,28?/m0/s1. The van der Waals surface area contributed by atoms with Gasteiger partial charge in [0.1, 0.15) is 23.2 Å². The molecule has 2 aliphatic rings. The van der Waals surface area contributed by atoms with Crippen molar-refractivity contribution >= 4 is 5.97 Å². The number of benzene rings is 1. The number of aliphatic hydroxyl groups excluding tert-OH is 4. The van der Waals surface area contributed by atoms with Crippen LogP contribution in [0.1, 0.15) is 80.3 Å². The molecule has 206 valence electrons. The van der Waals surface area contributed by atoms with E-state index in [0.717, 1.165) is 36.8 Å². The van der Waals surface area contributed by atoms with E-state index >= 15 is 0 Å². The Kier molecular flexibility index (Phi) is 9.77. The van der Waals surface area contributed by atoms with Gasteiger partial charge in [0.25, 0.3) is 0 Å². The molecule has 1 aromatic carbocycles. The number of carboxylic acid groups (broad SMARTS) is 1. The molecular weight excluding hydrogens is 480 g/mol. The SMILES string of the molecule is C=C(C)[C@@H]1CCC(C)=C[C@H]1c1c(O)cc(CCCCC)c(C(=O)O)c1OC1O[C@H](O)[C@@H](O)[C@H](O)[C@H]1CO. The van der Waals surface area contributed by atoms with Crippen LogP contribution in [-0.4, -0.2) is 68.0 Å². The first kappa shape index (κ1) is 29.1. The number of unbranched alkanes of at least 4 members (excludes halogenated alkanes) is 2. The second-order valence-corrected chi connectivity index (χ2v) is 10.3. The van der Waals surface area contributed by atoms with Crippen molar-refractivity contribution in [2.45, 2.75) is 90.0 Å². The largest absolute Gasteiger partial charge is 0.507 e. The van der Waals surface area contributed by atoms with E-state index < -0.39 is 49.2 Å². The molecule has 1 saturated heterocycles. The summed E-state index contributed by atoms with van der Waals surface area (Å²) >= 11 is 0. The van der Waals surface area contributed by atoms with E-state index in [1.165, 1.54) is 6.07 Å². The van der Waals surface area contributed by atoms with Gasteiger partial charge in [0.05, 0.1) is 18.6 Å². The summed E-state index contributed by atoms with van der Waals surface area (Å²) in [6.07, 6.45) is -0.118. The Morgan fingerprint density at radius 1 is 1.22 bits per heavy atom. The lowest BCUT2D eigenvalue weighted by Gasteiger charge is -2.41. The molecule has 3 rings (SSSR count). The van der Waals surface area contributed by atoms with Crippen LogP contribution in [0, 0.1) is 11.8 Å². The lowest BCUT2D eigenvalue weighted by atomic mass is 9.73. The fraction of sp³-hybridized carbons (Fsp3) is 0.607. The molecular formula is C28H40O9. The van der Waals surface area contributed by atoms with Crippen molar-refractivity contribution in [3.05, 3.63) is 46.6 Å². The smallest absolute Gasteiger partial charge is 0.339 e. The Hall–Kier alpha value is -2.43. The summed E-state index contributed by atoms with van der Waals surface area (Å²) in [6, 6.07) is 1.48. The van der Waals surface area contributed by atoms with Crippen LogP contribution in [0.5, 0.6) is 11.5 Å². The minimum absolute atomic E-state index is 0.0940. The molecule has 1 aliphatic heterocycles. The maximum absolute atomic E-state index is 12.7. The van der Waals surface area contributed by atoms with Crippen molar-refractivity contribution in [3.63, 3.8) is 0 Å². The van der Waals surface area contributed by atoms with Crippen molar-refractivity contribution in [1.82, 2.24) is 0 Å². The van der Waals surface area contributed by atoms with Gasteiger partial charge >= 0.3 is 5.97 Å². The first-order chi connectivity index (χ1) is 17.5. The van der Waals surface area contributed by atoms with E-state index in [0.29, 0.717) is 18.4 Å². The van der Waals surface area contributed by atoms with Crippen molar-refractivity contribution in [2.24, 2.45) is 11.8 Å². The number of phenolic OH excluding ortho intramolecular Hbond substituents is 1. The maximum Gasteiger partial charge on any atom is 0.339 e. The highest BCUT2D eigenvalue weighted by atomic mass is 16.7. The molecule has 9 heteroatoms. The molecule has 0 amide bonds. The van der Waals surface area contributed by atoms with Gasteiger partial charge < -0.3 is 40.1 Å². The molecule has 37 heavy (non-hydrogen) atoms. The minimum atomic E-state index is -1.82. The quantitative estimate of drug-likeness (QED) is 0.201.